The van der Waals surface area contributed by atoms with Gasteiger partial charge in [0.15, 0.2) is 11.5 Å². The minimum Gasteiger partial charge on any atom is -0.333 e. The third kappa shape index (κ3) is 4.64. The quantitative estimate of drug-likeness (QED) is 0.225. The summed E-state index contributed by atoms with van der Waals surface area (Å²) in [5.41, 5.74) is -0.0258. The number of benzene rings is 1. The topological polar surface area (TPSA) is 110 Å². The molecule has 0 spiro atoms. The Labute approximate surface area is 245 Å². The van der Waals surface area contributed by atoms with Crippen molar-refractivity contribution in [2.75, 3.05) is 11.9 Å². The molecule has 4 aromatic heterocycles. The number of carbonyl (C=O) groups is 2. The number of hydrogen-bond donors (Lipinski definition) is 1. The van der Waals surface area contributed by atoms with Crippen molar-refractivity contribution >= 4 is 23.3 Å². The van der Waals surface area contributed by atoms with Crippen LogP contribution in [0.4, 0.5) is 27.8 Å². The van der Waals surface area contributed by atoms with E-state index >= 15 is 0 Å². The highest BCUT2D eigenvalue weighted by atomic mass is 19.4. The molecule has 1 saturated carbocycles. The molecule has 0 unspecified atom stereocenters. The fourth-order valence-electron chi connectivity index (χ4n) is 5.42. The molecule has 224 valence electrons. The highest BCUT2D eigenvalue weighted by Gasteiger charge is 2.69. The van der Waals surface area contributed by atoms with Crippen LogP contribution in [-0.2, 0) is 17.9 Å². The molecule has 1 aliphatic heterocycles. The van der Waals surface area contributed by atoms with E-state index in [0.29, 0.717) is 34.1 Å². The summed E-state index contributed by atoms with van der Waals surface area (Å²) < 4.78 is 71.5. The van der Waals surface area contributed by atoms with E-state index < -0.39 is 35.2 Å². The first-order valence-electron chi connectivity index (χ1n) is 13.5. The van der Waals surface area contributed by atoms with Gasteiger partial charge in [0.2, 0.25) is 11.9 Å². The third-order valence-corrected chi connectivity index (χ3v) is 7.87. The van der Waals surface area contributed by atoms with E-state index in [-0.39, 0.29) is 43.9 Å². The van der Waals surface area contributed by atoms with Crippen LogP contribution in [0.1, 0.15) is 29.0 Å². The van der Waals surface area contributed by atoms with Crippen molar-refractivity contribution in [3.05, 3.63) is 84.1 Å². The second-order valence-corrected chi connectivity index (χ2v) is 10.7. The fourth-order valence-corrected chi connectivity index (χ4v) is 5.42. The summed E-state index contributed by atoms with van der Waals surface area (Å²) in [6, 6.07) is 11.3. The molecule has 7 rings (SSSR count). The van der Waals surface area contributed by atoms with E-state index in [2.05, 4.69) is 20.4 Å². The predicted molar refractivity (Wildman–Crippen MR) is 145 cm³/mol. The van der Waals surface area contributed by atoms with Crippen molar-refractivity contribution in [1.82, 2.24) is 34.0 Å². The van der Waals surface area contributed by atoms with Crippen LogP contribution in [0.3, 0.4) is 0 Å². The molecule has 0 bridgehead atoms. The standard InChI is InChI=1S/C29H21F5N8O2/c30-18-3-1-16(2-4-18)24-25(41-12-11-40(15-23(41)38-24)27(44)28(8-9-28)29(32,33)34)19-5-6-22-36-21(14-42(22)39-19)37-26(43)17-7-10-35-20(31)13-17/h1-7,10,13-14H,8-9,11-12,15H2,(H,37,43). The highest BCUT2D eigenvalue weighted by Crippen LogP contribution is 2.58. The summed E-state index contributed by atoms with van der Waals surface area (Å²) in [5, 5.41) is 7.24. The maximum atomic E-state index is 13.8. The summed E-state index contributed by atoms with van der Waals surface area (Å²) in [4.78, 5) is 39.2. The number of nitrogens with one attached hydrogen (secondary N) is 1. The van der Waals surface area contributed by atoms with Crippen molar-refractivity contribution in [2.45, 2.75) is 32.1 Å². The molecule has 2 amide bonds. The average molecular weight is 609 g/mol. The van der Waals surface area contributed by atoms with E-state index in [1.807, 2.05) is 0 Å². The van der Waals surface area contributed by atoms with Gasteiger partial charge in [-0.3, -0.25) is 9.59 Å². The van der Waals surface area contributed by atoms with Gasteiger partial charge in [-0.2, -0.15) is 22.7 Å². The zero-order valence-corrected chi connectivity index (χ0v) is 22.6. The third-order valence-electron chi connectivity index (χ3n) is 7.87. The van der Waals surface area contributed by atoms with E-state index in [4.69, 9.17) is 4.98 Å². The largest absolute Gasteiger partial charge is 0.403 e. The molecule has 5 heterocycles. The van der Waals surface area contributed by atoms with Crippen molar-refractivity contribution in [3.8, 4) is 22.6 Å². The number of rotatable bonds is 5. The molecular weight excluding hydrogens is 587 g/mol. The van der Waals surface area contributed by atoms with Crippen molar-refractivity contribution < 1.29 is 31.5 Å². The van der Waals surface area contributed by atoms with Crippen LogP contribution < -0.4 is 5.32 Å². The number of imidazole rings is 2. The number of pyridine rings is 1. The number of hydrogen-bond acceptors (Lipinski definition) is 6. The summed E-state index contributed by atoms with van der Waals surface area (Å²) >= 11 is 0. The number of carbonyl (C=O) groups excluding carboxylic acids is 2. The van der Waals surface area contributed by atoms with E-state index in [9.17, 15) is 31.5 Å². The van der Waals surface area contributed by atoms with Crippen LogP contribution in [0.5, 0.6) is 0 Å². The molecule has 10 nitrogen and oxygen atoms in total. The molecule has 0 saturated heterocycles. The Balaban J connectivity index is 1.24. The lowest BCUT2D eigenvalue weighted by Gasteiger charge is -2.32. The van der Waals surface area contributed by atoms with E-state index in [1.165, 1.54) is 52.1 Å². The zero-order chi connectivity index (χ0) is 30.8. The second kappa shape index (κ2) is 9.92. The number of alkyl halides is 3. The average Bonchev–Trinajstić information content (AvgIpc) is 3.60. The van der Waals surface area contributed by atoms with Crippen LogP contribution in [0.15, 0.2) is 60.9 Å². The summed E-state index contributed by atoms with van der Waals surface area (Å²) in [6.45, 7) is 0.0604. The van der Waals surface area contributed by atoms with Crippen LogP contribution in [-0.4, -0.2) is 58.6 Å². The SMILES string of the molecule is O=C(Nc1cn2nc(-c3c(-c4ccc(F)cc4)nc4n3CCN(C(=O)C3(C(F)(F)F)CC3)C4)ccc2n1)c1ccnc(F)c1. The number of anilines is 1. The van der Waals surface area contributed by atoms with E-state index in [0.717, 1.165) is 6.07 Å². The number of aromatic nitrogens is 6. The lowest BCUT2D eigenvalue weighted by atomic mass is 10.0. The van der Waals surface area contributed by atoms with Crippen molar-refractivity contribution in [3.63, 3.8) is 0 Å². The Morgan fingerprint density at radius 1 is 0.955 bits per heavy atom. The van der Waals surface area contributed by atoms with Crippen molar-refractivity contribution in [1.29, 1.82) is 0 Å². The molecule has 2 aliphatic rings. The maximum Gasteiger partial charge on any atom is 0.403 e. The Morgan fingerprint density at radius 3 is 2.43 bits per heavy atom. The Bertz CT molecular complexity index is 1950. The van der Waals surface area contributed by atoms with Crippen molar-refractivity contribution in [2.24, 2.45) is 5.41 Å². The number of fused-ring (bicyclic) bond motifs is 2. The van der Waals surface area contributed by atoms with Gasteiger partial charge in [0.25, 0.3) is 5.91 Å². The number of nitrogens with zero attached hydrogens (tertiary/aromatic N) is 7. The normalized spacial score (nSPS) is 15.7. The minimum atomic E-state index is -4.63. The van der Waals surface area contributed by atoms with Crippen LogP contribution in [0.25, 0.3) is 28.3 Å². The number of halogens is 5. The summed E-state index contributed by atoms with van der Waals surface area (Å²) in [6.07, 6.45) is -2.46. The Morgan fingerprint density at radius 2 is 1.73 bits per heavy atom. The molecule has 5 aromatic rings. The molecule has 0 atom stereocenters. The van der Waals surface area contributed by atoms with Gasteiger partial charge in [-0.05, 0) is 55.3 Å². The molecule has 0 radical (unpaired) electrons. The minimum absolute atomic E-state index is 0.0367. The van der Waals surface area contributed by atoms with Crippen LogP contribution in [0, 0.1) is 17.2 Å². The van der Waals surface area contributed by atoms with Gasteiger partial charge < -0.3 is 14.8 Å². The molecule has 1 fully saturated rings. The molecule has 1 aliphatic carbocycles. The maximum absolute atomic E-state index is 13.8. The van der Waals surface area contributed by atoms with Crippen LogP contribution >= 0.6 is 0 Å². The fraction of sp³-hybridized carbons (Fsp3) is 0.241. The molecule has 44 heavy (non-hydrogen) atoms. The van der Waals surface area contributed by atoms with E-state index in [1.54, 1.807) is 16.7 Å². The monoisotopic (exact) mass is 608 g/mol. The number of amides is 2. The highest BCUT2D eigenvalue weighted by molar-refractivity contribution is 6.03. The van der Waals surface area contributed by atoms with Gasteiger partial charge in [-0.1, -0.05) is 0 Å². The smallest absolute Gasteiger partial charge is 0.333 e. The lowest BCUT2D eigenvalue weighted by molar-refractivity contribution is -0.199. The zero-order valence-electron chi connectivity index (χ0n) is 22.6. The Hall–Kier alpha value is -5.21. The van der Waals surface area contributed by atoms with Gasteiger partial charge in [-0.25, -0.2) is 23.9 Å². The van der Waals surface area contributed by atoms with Gasteiger partial charge in [0, 0.05) is 36.5 Å². The molecule has 1 aromatic carbocycles. The second-order valence-electron chi connectivity index (χ2n) is 10.7. The summed E-state index contributed by atoms with van der Waals surface area (Å²) in [5.74, 6) is -2.30. The molecule has 15 heteroatoms. The van der Waals surface area contributed by atoms with Crippen LogP contribution in [0.2, 0.25) is 0 Å². The van der Waals surface area contributed by atoms with Gasteiger partial charge >= 0.3 is 6.18 Å². The predicted octanol–water partition coefficient (Wildman–Crippen LogP) is 4.87. The first-order valence-corrected chi connectivity index (χ1v) is 13.5. The lowest BCUT2D eigenvalue weighted by Crippen LogP contribution is -2.47. The summed E-state index contributed by atoms with van der Waals surface area (Å²) in [7, 11) is 0. The molecule has 1 N–H and O–H groups in total. The molecular formula is C29H21F5N8O2. The van der Waals surface area contributed by atoms with Gasteiger partial charge in [0.05, 0.1) is 24.1 Å². The van der Waals surface area contributed by atoms with Gasteiger partial charge in [0.1, 0.15) is 22.8 Å². The first kappa shape index (κ1) is 27.6. The Kier molecular flexibility index (Phi) is 6.23. The first-order chi connectivity index (χ1) is 21.0. The van der Waals surface area contributed by atoms with Gasteiger partial charge in [-0.15, -0.1) is 0 Å².